The van der Waals surface area contributed by atoms with Gasteiger partial charge in [-0.25, -0.2) is 0 Å². The maximum Gasteiger partial charge on any atom is 0.0196 e. The van der Waals surface area contributed by atoms with E-state index in [-0.39, 0.29) is 5.54 Å². The number of piperidine rings is 1. The summed E-state index contributed by atoms with van der Waals surface area (Å²) in [6.45, 7) is 7.11. The minimum Gasteiger partial charge on any atom is -0.325 e. The summed E-state index contributed by atoms with van der Waals surface area (Å²) >= 11 is 0. The van der Waals surface area contributed by atoms with E-state index in [2.05, 4.69) is 18.7 Å². The Labute approximate surface area is 81.5 Å². The Morgan fingerprint density at radius 2 is 2.08 bits per heavy atom. The molecular weight excluding hydrogens is 160 g/mol. The Morgan fingerprint density at radius 3 is 2.62 bits per heavy atom. The first-order valence-electron chi connectivity index (χ1n) is 5.65. The van der Waals surface area contributed by atoms with E-state index in [1.54, 1.807) is 0 Å². The van der Waals surface area contributed by atoms with Gasteiger partial charge in [0.1, 0.15) is 0 Å². The molecule has 1 heterocycles. The maximum atomic E-state index is 6.26. The maximum absolute atomic E-state index is 6.26. The molecule has 0 spiro atoms. The van der Waals surface area contributed by atoms with Crippen LogP contribution < -0.4 is 5.73 Å². The predicted molar refractivity (Wildman–Crippen MR) is 55.6 cm³/mol. The third kappa shape index (κ3) is 1.89. The summed E-state index contributed by atoms with van der Waals surface area (Å²) in [7, 11) is 0. The van der Waals surface area contributed by atoms with E-state index in [4.69, 9.17) is 5.73 Å². The van der Waals surface area contributed by atoms with E-state index < -0.39 is 0 Å². The summed E-state index contributed by atoms with van der Waals surface area (Å²) < 4.78 is 0. The third-order valence-electron chi connectivity index (χ3n) is 3.82. The first kappa shape index (κ1) is 9.47. The number of likely N-dealkylation sites (tertiary alicyclic amines) is 1. The van der Waals surface area contributed by atoms with E-state index in [1.807, 2.05) is 0 Å². The summed E-state index contributed by atoms with van der Waals surface area (Å²) in [5.74, 6) is 0.781. The first-order valence-corrected chi connectivity index (χ1v) is 5.65. The van der Waals surface area contributed by atoms with Crippen LogP contribution in [-0.2, 0) is 0 Å². The molecule has 1 aliphatic heterocycles. The normalized spacial score (nSPS) is 33.7. The molecule has 2 heteroatoms. The quantitative estimate of drug-likeness (QED) is 0.703. The number of nitrogens with two attached hydrogens (primary N) is 1. The van der Waals surface area contributed by atoms with Gasteiger partial charge < -0.3 is 10.6 Å². The molecule has 0 aromatic heterocycles. The highest BCUT2D eigenvalue weighted by molar-refractivity contribution is 5.05. The molecular formula is C11H22N2. The van der Waals surface area contributed by atoms with Crippen LogP contribution in [0.2, 0.25) is 0 Å². The van der Waals surface area contributed by atoms with E-state index >= 15 is 0 Å². The van der Waals surface area contributed by atoms with Crippen molar-refractivity contribution in [1.82, 2.24) is 4.90 Å². The summed E-state index contributed by atoms with van der Waals surface area (Å²) in [6.07, 6.45) is 5.24. The Bertz CT molecular complexity index is 185. The Balaban J connectivity index is 1.92. The topological polar surface area (TPSA) is 29.3 Å². The second-order valence-electron chi connectivity index (χ2n) is 5.16. The zero-order valence-corrected chi connectivity index (χ0v) is 8.92. The SMILES string of the molecule is CC(C)N1CCCC(C2(N)CC2)C1. The molecule has 2 N–H and O–H groups in total. The molecule has 0 bridgehead atoms. The zero-order valence-electron chi connectivity index (χ0n) is 8.92. The number of rotatable bonds is 2. The second kappa shape index (κ2) is 3.25. The van der Waals surface area contributed by atoms with Crippen LogP contribution >= 0.6 is 0 Å². The molecule has 1 saturated heterocycles. The van der Waals surface area contributed by atoms with Gasteiger partial charge in [0.05, 0.1) is 0 Å². The van der Waals surface area contributed by atoms with E-state index in [9.17, 15) is 0 Å². The molecule has 13 heavy (non-hydrogen) atoms. The molecule has 1 saturated carbocycles. The first-order chi connectivity index (χ1) is 6.12. The molecule has 0 aromatic rings. The monoisotopic (exact) mass is 182 g/mol. The van der Waals surface area contributed by atoms with Gasteiger partial charge in [0.15, 0.2) is 0 Å². The van der Waals surface area contributed by atoms with Crippen LogP contribution in [0.1, 0.15) is 39.5 Å². The Kier molecular flexibility index (Phi) is 2.37. The van der Waals surface area contributed by atoms with Crippen molar-refractivity contribution in [3.8, 4) is 0 Å². The fourth-order valence-electron chi connectivity index (χ4n) is 2.50. The van der Waals surface area contributed by atoms with Gasteiger partial charge in [-0.3, -0.25) is 0 Å². The van der Waals surface area contributed by atoms with Crippen molar-refractivity contribution < 1.29 is 0 Å². The minimum atomic E-state index is 0.244. The molecule has 1 aliphatic carbocycles. The van der Waals surface area contributed by atoms with Gasteiger partial charge in [-0.05, 0) is 52.0 Å². The highest BCUT2D eigenvalue weighted by Gasteiger charge is 2.46. The fraction of sp³-hybridized carbons (Fsp3) is 1.00. The van der Waals surface area contributed by atoms with E-state index in [0.717, 1.165) is 5.92 Å². The van der Waals surface area contributed by atoms with Gasteiger partial charge in [0, 0.05) is 18.1 Å². The van der Waals surface area contributed by atoms with Gasteiger partial charge in [-0.1, -0.05) is 0 Å². The number of nitrogens with zero attached hydrogens (tertiary/aromatic N) is 1. The highest BCUT2D eigenvalue weighted by Crippen LogP contribution is 2.43. The average Bonchev–Trinajstić information content (AvgIpc) is 2.85. The molecule has 76 valence electrons. The van der Waals surface area contributed by atoms with Crippen LogP contribution in [0.25, 0.3) is 0 Å². The molecule has 2 aliphatic rings. The van der Waals surface area contributed by atoms with Gasteiger partial charge >= 0.3 is 0 Å². The zero-order chi connectivity index (χ0) is 9.47. The molecule has 2 nitrogen and oxygen atoms in total. The van der Waals surface area contributed by atoms with Crippen molar-refractivity contribution in [1.29, 1.82) is 0 Å². The molecule has 1 unspecified atom stereocenters. The number of hydrogen-bond acceptors (Lipinski definition) is 2. The van der Waals surface area contributed by atoms with Crippen LogP contribution in [0.5, 0.6) is 0 Å². The van der Waals surface area contributed by atoms with Gasteiger partial charge in [0.25, 0.3) is 0 Å². The van der Waals surface area contributed by atoms with Crippen LogP contribution in [-0.4, -0.2) is 29.6 Å². The lowest BCUT2D eigenvalue weighted by molar-refractivity contribution is 0.121. The molecule has 0 radical (unpaired) electrons. The van der Waals surface area contributed by atoms with Crippen molar-refractivity contribution in [2.45, 2.75) is 51.1 Å². The molecule has 1 atom stereocenters. The molecule has 2 rings (SSSR count). The van der Waals surface area contributed by atoms with Crippen LogP contribution in [0, 0.1) is 5.92 Å². The molecule has 0 amide bonds. The van der Waals surface area contributed by atoms with Gasteiger partial charge in [0.2, 0.25) is 0 Å². The van der Waals surface area contributed by atoms with Crippen LogP contribution in [0.3, 0.4) is 0 Å². The van der Waals surface area contributed by atoms with Crippen LogP contribution in [0.15, 0.2) is 0 Å². The Hall–Kier alpha value is -0.0800. The van der Waals surface area contributed by atoms with E-state index in [1.165, 1.54) is 38.8 Å². The summed E-state index contributed by atoms with van der Waals surface area (Å²) in [4.78, 5) is 2.58. The highest BCUT2D eigenvalue weighted by atomic mass is 15.2. The third-order valence-corrected chi connectivity index (χ3v) is 3.82. The average molecular weight is 182 g/mol. The summed E-state index contributed by atoms with van der Waals surface area (Å²) in [5, 5.41) is 0. The van der Waals surface area contributed by atoms with Gasteiger partial charge in [-0.15, -0.1) is 0 Å². The predicted octanol–water partition coefficient (Wildman–Crippen LogP) is 1.60. The Morgan fingerprint density at radius 1 is 1.38 bits per heavy atom. The lowest BCUT2D eigenvalue weighted by Crippen LogP contribution is -2.47. The largest absolute Gasteiger partial charge is 0.325 e. The second-order valence-corrected chi connectivity index (χ2v) is 5.16. The smallest absolute Gasteiger partial charge is 0.0196 e. The lowest BCUT2D eigenvalue weighted by atomic mass is 9.88. The van der Waals surface area contributed by atoms with Crippen LogP contribution in [0.4, 0.5) is 0 Å². The summed E-state index contributed by atoms with van der Waals surface area (Å²) in [5.41, 5.74) is 6.50. The van der Waals surface area contributed by atoms with Gasteiger partial charge in [-0.2, -0.15) is 0 Å². The fourth-order valence-corrected chi connectivity index (χ4v) is 2.50. The number of hydrogen-bond donors (Lipinski definition) is 1. The molecule has 0 aromatic carbocycles. The van der Waals surface area contributed by atoms with Crippen molar-refractivity contribution in [2.24, 2.45) is 11.7 Å². The lowest BCUT2D eigenvalue weighted by Gasteiger charge is -2.38. The van der Waals surface area contributed by atoms with Crippen molar-refractivity contribution >= 4 is 0 Å². The standard InChI is InChI=1S/C11H22N2/c1-9(2)13-7-3-4-10(8-13)11(12)5-6-11/h9-10H,3-8,12H2,1-2H3. The van der Waals surface area contributed by atoms with Crippen molar-refractivity contribution in [3.05, 3.63) is 0 Å². The van der Waals surface area contributed by atoms with E-state index in [0.29, 0.717) is 6.04 Å². The summed E-state index contributed by atoms with van der Waals surface area (Å²) in [6, 6.07) is 0.699. The minimum absolute atomic E-state index is 0.244. The molecule has 2 fully saturated rings. The van der Waals surface area contributed by atoms with Crippen molar-refractivity contribution in [3.63, 3.8) is 0 Å². The van der Waals surface area contributed by atoms with Crippen molar-refractivity contribution in [2.75, 3.05) is 13.1 Å².